The van der Waals surface area contributed by atoms with Gasteiger partial charge in [-0.1, -0.05) is 24.4 Å². The number of anilines is 1. The van der Waals surface area contributed by atoms with Crippen molar-refractivity contribution in [3.05, 3.63) is 10.4 Å². The second-order valence-electron chi connectivity index (χ2n) is 4.12. The maximum absolute atomic E-state index is 6.12. The third-order valence-electron chi connectivity index (χ3n) is 3.10. The van der Waals surface area contributed by atoms with E-state index < -0.39 is 0 Å². The zero-order valence-corrected chi connectivity index (χ0v) is 11.0. The van der Waals surface area contributed by atoms with Crippen molar-refractivity contribution < 1.29 is 0 Å². The highest BCUT2D eigenvalue weighted by molar-refractivity contribution is 8.00. The van der Waals surface area contributed by atoms with Crippen molar-refractivity contribution in [2.24, 2.45) is 16.2 Å². The Kier molecular flexibility index (Phi) is 2.87. The number of rotatable bonds is 1. The quantitative estimate of drug-likeness (QED) is 0.627. The average molecular weight is 274 g/mol. The molecular formula is C10H12ClN3S2. The molecule has 3 nitrogen and oxygen atoms in total. The van der Waals surface area contributed by atoms with Gasteiger partial charge >= 0.3 is 0 Å². The van der Waals surface area contributed by atoms with Crippen molar-refractivity contribution >= 4 is 46.4 Å². The maximum atomic E-state index is 6.12. The van der Waals surface area contributed by atoms with E-state index in [9.17, 15) is 0 Å². The van der Waals surface area contributed by atoms with E-state index in [4.69, 9.17) is 17.4 Å². The van der Waals surface area contributed by atoms with E-state index in [-0.39, 0.29) is 0 Å². The minimum absolute atomic E-state index is 0.532. The summed E-state index contributed by atoms with van der Waals surface area (Å²) in [4.78, 5) is 0. The number of thiophene rings is 1. The van der Waals surface area contributed by atoms with Gasteiger partial charge in [0.05, 0.1) is 10.0 Å². The van der Waals surface area contributed by atoms with Gasteiger partial charge in [-0.05, 0) is 18.9 Å². The highest BCUT2D eigenvalue weighted by Gasteiger charge is 2.30. The highest BCUT2D eigenvalue weighted by Crippen LogP contribution is 2.45. The first-order valence-electron chi connectivity index (χ1n) is 5.35. The Morgan fingerprint density at radius 1 is 1.44 bits per heavy atom. The molecule has 2 aliphatic rings. The third kappa shape index (κ3) is 1.76. The largest absolute Gasteiger partial charge is 0.263 e. The number of hydrogen-bond acceptors (Lipinski definition) is 5. The Hall–Kier alpha value is -0.230. The summed E-state index contributed by atoms with van der Waals surface area (Å²) in [5, 5.41) is 1.73. The molecule has 0 atom stereocenters. The van der Waals surface area contributed by atoms with Gasteiger partial charge < -0.3 is 0 Å². The van der Waals surface area contributed by atoms with Crippen LogP contribution in [-0.4, -0.2) is 5.84 Å². The summed E-state index contributed by atoms with van der Waals surface area (Å²) in [5.41, 5.74) is 1.01. The number of hydrazine groups is 1. The Morgan fingerprint density at radius 3 is 2.94 bits per heavy atom. The molecule has 1 saturated carbocycles. The molecule has 0 amide bonds. The number of nitrogens with zero attached hydrogens (tertiary/aromatic N) is 2. The van der Waals surface area contributed by atoms with E-state index in [2.05, 4.69) is 4.40 Å². The lowest BCUT2D eigenvalue weighted by molar-refractivity contribution is 0.711. The fraction of sp³-hybridized carbons (Fsp3) is 0.500. The van der Waals surface area contributed by atoms with Gasteiger partial charge in [0, 0.05) is 17.9 Å². The molecule has 16 heavy (non-hydrogen) atoms. The predicted molar refractivity (Wildman–Crippen MR) is 71.2 cm³/mol. The number of halogens is 1. The molecule has 2 heterocycles. The summed E-state index contributed by atoms with van der Waals surface area (Å²) < 4.78 is 6.40. The summed E-state index contributed by atoms with van der Waals surface area (Å²) in [7, 11) is 0. The second kappa shape index (κ2) is 4.22. The molecule has 0 saturated heterocycles. The van der Waals surface area contributed by atoms with Gasteiger partial charge in [-0.25, -0.2) is 5.84 Å². The maximum Gasteiger partial charge on any atom is 0.135 e. The highest BCUT2D eigenvalue weighted by atomic mass is 35.5. The Bertz CT molecular complexity index is 437. The monoisotopic (exact) mass is 273 g/mol. The minimum atomic E-state index is 0.532. The van der Waals surface area contributed by atoms with Gasteiger partial charge in [0.2, 0.25) is 0 Å². The summed E-state index contributed by atoms with van der Waals surface area (Å²) in [6, 6.07) is 1.93. The SMILES string of the molecule is NN1C(C2CCCC2)=NSc2sc(Cl)cc21. The molecule has 1 aliphatic heterocycles. The van der Waals surface area contributed by atoms with Gasteiger partial charge in [0.1, 0.15) is 10.0 Å². The summed E-state index contributed by atoms with van der Waals surface area (Å²) in [6.45, 7) is 0. The van der Waals surface area contributed by atoms with Crippen LogP contribution in [0.3, 0.4) is 0 Å². The first kappa shape index (κ1) is 10.9. The lowest BCUT2D eigenvalue weighted by atomic mass is 10.1. The zero-order chi connectivity index (χ0) is 11.1. The van der Waals surface area contributed by atoms with Crippen LogP contribution in [0.15, 0.2) is 14.7 Å². The average Bonchev–Trinajstić information content (AvgIpc) is 2.86. The Labute approximate surface area is 108 Å². The molecule has 1 fully saturated rings. The fourth-order valence-electron chi connectivity index (χ4n) is 2.28. The first-order chi connectivity index (χ1) is 7.75. The lowest BCUT2D eigenvalue weighted by Gasteiger charge is -2.27. The molecular weight excluding hydrogens is 262 g/mol. The van der Waals surface area contributed by atoms with Crippen LogP contribution in [0, 0.1) is 5.92 Å². The topological polar surface area (TPSA) is 41.6 Å². The molecule has 1 aromatic rings. The normalized spacial score (nSPS) is 21.1. The smallest absolute Gasteiger partial charge is 0.135 e. The first-order valence-corrected chi connectivity index (χ1v) is 7.31. The van der Waals surface area contributed by atoms with Crippen LogP contribution in [0.4, 0.5) is 5.69 Å². The molecule has 1 aromatic heterocycles. The Balaban J connectivity index is 1.90. The van der Waals surface area contributed by atoms with Gasteiger partial charge in [-0.2, -0.15) is 4.40 Å². The van der Waals surface area contributed by atoms with E-state index in [0.717, 1.165) is 20.1 Å². The van der Waals surface area contributed by atoms with E-state index in [1.54, 1.807) is 5.01 Å². The minimum Gasteiger partial charge on any atom is -0.263 e. The van der Waals surface area contributed by atoms with Crippen LogP contribution >= 0.6 is 34.9 Å². The van der Waals surface area contributed by atoms with E-state index in [1.165, 1.54) is 49.0 Å². The molecule has 0 bridgehead atoms. The molecule has 6 heteroatoms. The summed E-state index contributed by atoms with van der Waals surface area (Å²) in [6.07, 6.45) is 5.00. The molecule has 3 rings (SSSR count). The second-order valence-corrected chi connectivity index (χ2v) is 6.83. The van der Waals surface area contributed by atoms with E-state index in [0.29, 0.717) is 5.92 Å². The lowest BCUT2D eigenvalue weighted by Crippen LogP contribution is -2.42. The van der Waals surface area contributed by atoms with Crippen LogP contribution in [-0.2, 0) is 0 Å². The molecule has 0 aromatic carbocycles. The van der Waals surface area contributed by atoms with Crippen molar-refractivity contribution in [2.45, 2.75) is 29.9 Å². The molecule has 0 spiro atoms. The van der Waals surface area contributed by atoms with Gasteiger partial charge in [-0.15, -0.1) is 11.3 Å². The summed E-state index contributed by atoms with van der Waals surface area (Å²) in [5.74, 6) is 7.67. The molecule has 2 N–H and O–H groups in total. The van der Waals surface area contributed by atoms with E-state index >= 15 is 0 Å². The van der Waals surface area contributed by atoms with Crippen molar-refractivity contribution in [3.63, 3.8) is 0 Å². The number of fused-ring (bicyclic) bond motifs is 1. The van der Waals surface area contributed by atoms with Crippen LogP contribution in [0.1, 0.15) is 25.7 Å². The van der Waals surface area contributed by atoms with Gasteiger partial charge in [0.25, 0.3) is 0 Å². The van der Waals surface area contributed by atoms with Gasteiger partial charge in [0.15, 0.2) is 0 Å². The fourth-order valence-corrected chi connectivity index (χ4v) is 4.56. The van der Waals surface area contributed by atoms with Crippen molar-refractivity contribution in [2.75, 3.05) is 5.01 Å². The van der Waals surface area contributed by atoms with Gasteiger partial charge in [-0.3, -0.25) is 5.01 Å². The van der Waals surface area contributed by atoms with Crippen LogP contribution in [0.5, 0.6) is 0 Å². The van der Waals surface area contributed by atoms with Crippen LogP contribution < -0.4 is 10.9 Å². The zero-order valence-electron chi connectivity index (χ0n) is 8.65. The third-order valence-corrected chi connectivity index (χ3v) is 5.27. The number of nitrogens with two attached hydrogens (primary N) is 1. The van der Waals surface area contributed by atoms with E-state index in [1.807, 2.05) is 6.07 Å². The molecule has 0 unspecified atom stereocenters. The molecule has 86 valence electrons. The molecule has 1 aliphatic carbocycles. The predicted octanol–water partition coefficient (Wildman–Crippen LogP) is 3.69. The Morgan fingerprint density at radius 2 is 2.19 bits per heavy atom. The van der Waals surface area contributed by atoms with Crippen LogP contribution in [0.25, 0.3) is 0 Å². The van der Waals surface area contributed by atoms with Crippen molar-refractivity contribution in [3.8, 4) is 0 Å². The van der Waals surface area contributed by atoms with Crippen molar-refractivity contribution in [1.82, 2.24) is 0 Å². The summed E-state index contributed by atoms with van der Waals surface area (Å²) >= 11 is 9.04. The van der Waals surface area contributed by atoms with Crippen molar-refractivity contribution in [1.29, 1.82) is 0 Å². The molecule has 0 radical (unpaired) electrons. The van der Waals surface area contributed by atoms with Crippen LogP contribution in [0.2, 0.25) is 4.34 Å². The number of amidine groups is 1. The standard InChI is InChI=1S/C10H12ClN3S2/c11-8-5-7-10(15-8)16-13-9(14(7)12)6-3-1-2-4-6/h5-6H,1-4,12H2. The number of hydrogen-bond donors (Lipinski definition) is 1.